The number of aliphatic hydroxyl groups is 1. The lowest BCUT2D eigenvalue weighted by molar-refractivity contribution is 0.124. The second kappa shape index (κ2) is 4.18. The van der Waals surface area contributed by atoms with Crippen molar-refractivity contribution in [1.82, 2.24) is 9.97 Å². The van der Waals surface area contributed by atoms with E-state index in [1.54, 1.807) is 4.90 Å². The summed E-state index contributed by atoms with van der Waals surface area (Å²) in [5, 5.41) is 9.46. The van der Waals surface area contributed by atoms with Crippen LogP contribution in [-0.2, 0) is 0 Å². The Bertz CT molecular complexity index is 388. The Morgan fingerprint density at radius 2 is 2.25 bits per heavy atom. The summed E-state index contributed by atoms with van der Waals surface area (Å²) in [6.07, 6.45) is 1.16. The van der Waals surface area contributed by atoms with Crippen molar-refractivity contribution in [2.24, 2.45) is 5.73 Å². The third kappa shape index (κ3) is 1.91. The molecule has 7 heteroatoms. The molecule has 0 bridgehead atoms. The number of nitrogens with two attached hydrogens (primary N) is 2. The van der Waals surface area contributed by atoms with Gasteiger partial charge in [-0.15, -0.1) is 0 Å². The number of rotatable bonds is 1. The molecule has 1 aromatic heterocycles. The third-order valence-corrected chi connectivity index (χ3v) is 2.72. The molecule has 0 aromatic carbocycles. The lowest BCUT2D eigenvalue weighted by Gasteiger charge is -2.34. The van der Waals surface area contributed by atoms with Crippen LogP contribution in [0.1, 0.15) is 6.42 Å². The fourth-order valence-electron chi connectivity index (χ4n) is 1.76. The Balaban J connectivity index is 2.22. The van der Waals surface area contributed by atoms with E-state index in [1.807, 2.05) is 0 Å². The summed E-state index contributed by atoms with van der Waals surface area (Å²) in [4.78, 5) is 9.07. The number of hydrogen-bond donors (Lipinski definition) is 3. The van der Waals surface area contributed by atoms with Gasteiger partial charge in [0.25, 0.3) is 0 Å². The van der Waals surface area contributed by atoms with E-state index in [9.17, 15) is 9.50 Å². The van der Waals surface area contributed by atoms with Crippen LogP contribution in [-0.4, -0.2) is 40.3 Å². The second-order valence-electron chi connectivity index (χ2n) is 3.86. The summed E-state index contributed by atoms with van der Waals surface area (Å²) < 4.78 is 13.6. The van der Waals surface area contributed by atoms with Crippen LogP contribution < -0.4 is 16.4 Å². The van der Waals surface area contributed by atoms with Crippen molar-refractivity contribution in [2.45, 2.75) is 18.6 Å². The zero-order valence-electron chi connectivity index (χ0n) is 8.67. The molecular formula is C9H14FN5O. The van der Waals surface area contributed by atoms with Gasteiger partial charge < -0.3 is 21.5 Å². The zero-order valence-corrected chi connectivity index (χ0v) is 8.67. The van der Waals surface area contributed by atoms with Gasteiger partial charge in [-0.05, 0) is 6.42 Å². The number of piperidine rings is 1. The van der Waals surface area contributed by atoms with Gasteiger partial charge in [-0.2, -0.15) is 4.39 Å². The molecule has 1 aliphatic rings. The average Bonchev–Trinajstić information content (AvgIpc) is 2.26. The smallest absolute Gasteiger partial charge is 0.207 e. The molecule has 2 unspecified atom stereocenters. The molecule has 1 fully saturated rings. The molecule has 0 spiro atoms. The van der Waals surface area contributed by atoms with Crippen molar-refractivity contribution in [3.05, 3.63) is 12.1 Å². The molecule has 5 N–H and O–H groups in total. The minimum Gasteiger partial charge on any atom is -0.391 e. The summed E-state index contributed by atoms with van der Waals surface area (Å²) in [5.41, 5.74) is 11.1. The lowest BCUT2D eigenvalue weighted by Crippen LogP contribution is -2.51. The third-order valence-electron chi connectivity index (χ3n) is 2.72. The van der Waals surface area contributed by atoms with E-state index in [-0.39, 0.29) is 11.6 Å². The number of aliphatic hydroxyl groups excluding tert-OH is 1. The van der Waals surface area contributed by atoms with E-state index in [2.05, 4.69) is 9.97 Å². The predicted molar refractivity (Wildman–Crippen MR) is 57.2 cm³/mol. The summed E-state index contributed by atoms with van der Waals surface area (Å²) >= 11 is 0. The van der Waals surface area contributed by atoms with Gasteiger partial charge in [0, 0.05) is 19.1 Å². The van der Waals surface area contributed by atoms with Crippen molar-refractivity contribution in [3.63, 3.8) is 0 Å². The Kier molecular flexibility index (Phi) is 2.88. The Labute approximate surface area is 92.1 Å². The summed E-state index contributed by atoms with van der Waals surface area (Å²) in [6, 6.07) is -0.399. The topological polar surface area (TPSA) is 101 Å². The molecule has 16 heavy (non-hydrogen) atoms. The molecule has 1 aromatic rings. The zero-order chi connectivity index (χ0) is 11.7. The van der Waals surface area contributed by atoms with Gasteiger partial charge in [-0.3, -0.25) is 0 Å². The molecule has 2 rings (SSSR count). The minimum atomic E-state index is -0.633. The fraction of sp³-hybridized carbons (Fsp3) is 0.556. The van der Waals surface area contributed by atoms with E-state index in [4.69, 9.17) is 11.5 Å². The number of halogens is 1. The Morgan fingerprint density at radius 3 is 2.94 bits per heavy atom. The number of aromatic nitrogens is 2. The molecule has 0 radical (unpaired) electrons. The van der Waals surface area contributed by atoms with Crippen LogP contribution in [0, 0.1) is 5.82 Å². The van der Waals surface area contributed by atoms with Crippen LogP contribution in [0.2, 0.25) is 0 Å². The molecule has 0 amide bonds. The molecule has 1 saturated heterocycles. The highest BCUT2D eigenvalue weighted by molar-refractivity contribution is 5.48. The number of nitrogens with zero attached hydrogens (tertiary/aromatic N) is 3. The van der Waals surface area contributed by atoms with Crippen LogP contribution in [0.15, 0.2) is 6.33 Å². The van der Waals surface area contributed by atoms with Crippen LogP contribution >= 0.6 is 0 Å². The van der Waals surface area contributed by atoms with Crippen LogP contribution in [0.3, 0.4) is 0 Å². The van der Waals surface area contributed by atoms with E-state index in [1.165, 1.54) is 6.33 Å². The van der Waals surface area contributed by atoms with Crippen LogP contribution in [0.5, 0.6) is 0 Å². The van der Waals surface area contributed by atoms with Crippen molar-refractivity contribution >= 4 is 11.6 Å². The first-order valence-corrected chi connectivity index (χ1v) is 5.04. The highest BCUT2D eigenvalue weighted by Gasteiger charge is 2.27. The highest BCUT2D eigenvalue weighted by Crippen LogP contribution is 2.22. The van der Waals surface area contributed by atoms with Gasteiger partial charge in [0.15, 0.2) is 11.6 Å². The van der Waals surface area contributed by atoms with Gasteiger partial charge in [0.2, 0.25) is 5.82 Å². The van der Waals surface area contributed by atoms with Crippen molar-refractivity contribution < 1.29 is 9.50 Å². The number of nitrogen functional groups attached to an aromatic ring is 1. The molecule has 0 aliphatic carbocycles. The first-order chi connectivity index (χ1) is 7.59. The van der Waals surface area contributed by atoms with Gasteiger partial charge in [0.05, 0.1) is 6.10 Å². The SMILES string of the molecule is Nc1ncnc(N2CCC(O)C(N)C2)c1F. The maximum absolute atomic E-state index is 13.6. The van der Waals surface area contributed by atoms with Crippen molar-refractivity contribution in [1.29, 1.82) is 0 Å². The second-order valence-corrected chi connectivity index (χ2v) is 3.86. The minimum absolute atomic E-state index is 0.148. The monoisotopic (exact) mass is 227 g/mol. The number of hydrogen-bond acceptors (Lipinski definition) is 6. The standard InChI is InChI=1S/C9H14FN5O/c10-7-8(12)13-4-14-9(7)15-2-1-6(16)5(11)3-15/h4-6,16H,1-3,11H2,(H2,12,13,14). The first-order valence-electron chi connectivity index (χ1n) is 5.04. The summed E-state index contributed by atoms with van der Waals surface area (Å²) in [7, 11) is 0. The largest absolute Gasteiger partial charge is 0.391 e. The average molecular weight is 227 g/mol. The lowest BCUT2D eigenvalue weighted by atomic mass is 10.0. The quantitative estimate of drug-likeness (QED) is 0.574. The first kappa shape index (κ1) is 11.0. The summed E-state index contributed by atoms with van der Waals surface area (Å²) in [5.74, 6) is -0.661. The number of anilines is 2. The maximum Gasteiger partial charge on any atom is 0.207 e. The molecular weight excluding hydrogens is 213 g/mol. The Morgan fingerprint density at radius 1 is 1.50 bits per heavy atom. The molecule has 88 valence electrons. The van der Waals surface area contributed by atoms with Gasteiger partial charge in [-0.25, -0.2) is 9.97 Å². The fourth-order valence-corrected chi connectivity index (χ4v) is 1.76. The van der Waals surface area contributed by atoms with Crippen LogP contribution in [0.25, 0.3) is 0 Å². The maximum atomic E-state index is 13.6. The summed E-state index contributed by atoms with van der Waals surface area (Å²) in [6.45, 7) is 0.858. The van der Waals surface area contributed by atoms with Gasteiger partial charge in [-0.1, -0.05) is 0 Å². The van der Waals surface area contributed by atoms with Gasteiger partial charge in [0.1, 0.15) is 6.33 Å². The predicted octanol–water partition coefficient (Wildman–Crippen LogP) is -0.904. The van der Waals surface area contributed by atoms with Crippen molar-refractivity contribution in [3.8, 4) is 0 Å². The van der Waals surface area contributed by atoms with E-state index in [0.717, 1.165) is 0 Å². The Hall–Kier alpha value is -1.47. The van der Waals surface area contributed by atoms with Crippen molar-refractivity contribution in [2.75, 3.05) is 23.7 Å². The van der Waals surface area contributed by atoms with E-state index >= 15 is 0 Å². The molecule has 0 saturated carbocycles. The van der Waals surface area contributed by atoms with E-state index < -0.39 is 18.0 Å². The highest BCUT2D eigenvalue weighted by atomic mass is 19.1. The molecule has 2 atom stereocenters. The normalized spacial score (nSPS) is 25.8. The molecule has 1 aliphatic heterocycles. The van der Waals surface area contributed by atoms with Crippen LogP contribution in [0.4, 0.5) is 16.0 Å². The molecule has 6 nitrogen and oxygen atoms in total. The van der Waals surface area contributed by atoms with Gasteiger partial charge >= 0.3 is 0 Å². The molecule has 2 heterocycles. The van der Waals surface area contributed by atoms with E-state index in [0.29, 0.717) is 19.5 Å².